The maximum Gasteiger partial charge on any atom is 0.255 e. The molecule has 0 saturated carbocycles. The first-order chi connectivity index (χ1) is 9.11. The number of rotatable bonds is 2. The first kappa shape index (κ1) is 13.5. The third kappa shape index (κ3) is 3.08. The van der Waals surface area contributed by atoms with Crippen molar-refractivity contribution in [2.45, 2.75) is 13.0 Å². The Morgan fingerprint density at radius 2 is 2.26 bits per heavy atom. The maximum atomic E-state index is 12.3. The van der Waals surface area contributed by atoms with E-state index in [-0.39, 0.29) is 17.9 Å². The summed E-state index contributed by atoms with van der Waals surface area (Å²) in [4.78, 5) is 29.7. The van der Waals surface area contributed by atoms with Crippen molar-refractivity contribution in [3.05, 3.63) is 29.6 Å². The number of aromatic nitrogens is 1. The third-order valence-electron chi connectivity index (χ3n) is 3.18. The number of nitrogens with zero attached hydrogens (tertiary/aromatic N) is 2. The van der Waals surface area contributed by atoms with Crippen LogP contribution in [0, 0.1) is 6.92 Å². The van der Waals surface area contributed by atoms with Crippen LogP contribution in [0.2, 0.25) is 0 Å². The fraction of sp³-hybridized carbons (Fsp3) is 0.462. The molecular formula is C13H18N4O2. The van der Waals surface area contributed by atoms with E-state index in [1.54, 1.807) is 24.2 Å². The Labute approximate surface area is 112 Å². The van der Waals surface area contributed by atoms with Crippen molar-refractivity contribution < 1.29 is 9.59 Å². The van der Waals surface area contributed by atoms with Gasteiger partial charge in [-0.15, -0.1) is 0 Å². The van der Waals surface area contributed by atoms with Crippen molar-refractivity contribution in [2.24, 2.45) is 0 Å². The van der Waals surface area contributed by atoms with Gasteiger partial charge < -0.3 is 15.5 Å². The van der Waals surface area contributed by atoms with E-state index in [4.69, 9.17) is 0 Å². The summed E-state index contributed by atoms with van der Waals surface area (Å²) in [5.74, 6) is -0.178. The second-order valence-corrected chi connectivity index (χ2v) is 4.56. The highest BCUT2D eigenvalue weighted by Gasteiger charge is 2.27. The van der Waals surface area contributed by atoms with Crippen LogP contribution in [0.4, 0.5) is 0 Å². The van der Waals surface area contributed by atoms with Crippen molar-refractivity contribution >= 4 is 11.8 Å². The van der Waals surface area contributed by atoms with Crippen LogP contribution in [0.15, 0.2) is 18.3 Å². The number of amides is 2. The summed E-state index contributed by atoms with van der Waals surface area (Å²) in [7, 11) is 1.59. The number of nitrogens with one attached hydrogen (secondary N) is 2. The monoisotopic (exact) mass is 262 g/mol. The van der Waals surface area contributed by atoms with Gasteiger partial charge in [-0.2, -0.15) is 0 Å². The van der Waals surface area contributed by atoms with E-state index in [1.807, 2.05) is 13.0 Å². The molecule has 2 N–H and O–H groups in total. The molecule has 1 aliphatic rings. The van der Waals surface area contributed by atoms with Gasteiger partial charge in [0.2, 0.25) is 5.91 Å². The topological polar surface area (TPSA) is 74.3 Å². The first-order valence-electron chi connectivity index (χ1n) is 6.28. The number of pyridine rings is 1. The largest absolute Gasteiger partial charge is 0.358 e. The lowest BCUT2D eigenvalue weighted by atomic mass is 10.1. The highest BCUT2D eigenvalue weighted by Crippen LogP contribution is 2.08. The van der Waals surface area contributed by atoms with Crippen LogP contribution in [0.1, 0.15) is 16.1 Å². The quantitative estimate of drug-likeness (QED) is 0.757. The Morgan fingerprint density at radius 3 is 2.89 bits per heavy atom. The number of likely N-dealkylation sites (N-methyl/N-ethyl adjacent to an activating group) is 1. The standard InChI is InChI=1S/C13H18N4O2/c1-9-3-4-10(7-16-9)13(19)17-6-5-15-11(8-17)12(18)14-2/h3-4,7,11,15H,5-6,8H2,1-2H3,(H,14,18)/t11-/m1/s1. The third-order valence-corrected chi connectivity index (χ3v) is 3.18. The average molecular weight is 262 g/mol. The van der Waals surface area contributed by atoms with Crippen molar-refractivity contribution in [1.82, 2.24) is 20.5 Å². The van der Waals surface area contributed by atoms with E-state index in [1.165, 1.54) is 0 Å². The second kappa shape index (κ2) is 5.79. The molecule has 0 unspecified atom stereocenters. The van der Waals surface area contributed by atoms with E-state index >= 15 is 0 Å². The van der Waals surface area contributed by atoms with Crippen LogP contribution in [0.25, 0.3) is 0 Å². The van der Waals surface area contributed by atoms with Gasteiger partial charge in [-0.3, -0.25) is 14.6 Å². The van der Waals surface area contributed by atoms with Gasteiger partial charge in [0.25, 0.3) is 5.91 Å². The lowest BCUT2D eigenvalue weighted by Gasteiger charge is -2.32. The summed E-state index contributed by atoms with van der Waals surface area (Å²) in [6, 6.07) is 3.23. The molecule has 0 radical (unpaired) electrons. The van der Waals surface area contributed by atoms with Gasteiger partial charge in [0.15, 0.2) is 0 Å². The molecule has 1 atom stereocenters. The van der Waals surface area contributed by atoms with Crippen molar-refractivity contribution in [3.63, 3.8) is 0 Å². The Hall–Kier alpha value is -1.95. The average Bonchev–Trinajstić information content (AvgIpc) is 2.46. The smallest absolute Gasteiger partial charge is 0.255 e. The predicted molar refractivity (Wildman–Crippen MR) is 70.7 cm³/mol. The Balaban J connectivity index is 2.06. The normalized spacial score (nSPS) is 19.1. The number of piperazine rings is 1. The van der Waals surface area contributed by atoms with E-state index in [0.717, 1.165) is 5.69 Å². The molecular weight excluding hydrogens is 244 g/mol. The summed E-state index contributed by atoms with van der Waals surface area (Å²) in [5.41, 5.74) is 1.43. The molecule has 1 aliphatic heterocycles. The van der Waals surface area contributed by atoms with Gasteiger partial charge in [-0.1, -0.05) is 0 Å². The highest BCUT2D eigenvalue weighted by molar-refractivity contribution is 5.94. The number of carbonyl (C=O) groups is 2. The van der Waals surface area contributed by atoms with Crippen molar-refractivity contribution in [2.75, 3.05) is 26.7 Å². The summed E-state index contributed by atoms with van der Waals surface area (Å²) >= 11 is 0. The Bertz CT molecular complexity index is 472. The molecule has 6 nitrogen and oxygen atoms in total. The molecule has 1 aromatic rings. The van der Waals surface area contributed by atoms with Crippen molar-refractivity contribution in [3.8, 4) is 0 Å². The molecule has 6 heteroatoms. The van der Waals surface area contributed by atoms with Crippen LogP contribution >= 0.6 is 0 Å². The zero-order chi connectivity index (χ0) is 13.8. The second-order valence-electron chi connectivity index (χ2n) is 4.56. The minimum absolute atomic E-state index is 0.0806. The van der Waals surface area contributed by atoms with Gasteiger partial charge >= 0.3 is 0 Å². The molecule has 1 saturated heterocycles. The zero-order valence-corrected chi connectivity index (χ0v) is 11.1. The van der Waals surface area contributed by atoms with E-state index in [0.29, 0.717) is 25.2 Å². The summed E-state index contributed by atoms with van der Waals surface area (Å²) in [6.07, 6.45) is 1.58. The van der Waals surface area contributed by atoms with Gasteiger partial charge in [0, 0.05) is 38.6 Å². The number of aryl methyl sites for hydroxylation is 1. The number of hydrogen-bond donors (Lipinski definition) is 2. The molecule has 2 amide bonds. The molecule has 102 valence electrons. The SMILES string of the molecule is CNC(=O)[C@H]1CN(C(=O)c2ccc(C)nc2)CCN1. The molecule has 2 rings (SSSR count). The zero-order valence-electron chi connectivity index (χ0n) is 11.1. The van der Waals surface area contributed by atoms with E-state index in [9.17, 15) is 9.59 Å². The van der Waals surface area contributed by atoms with E-state index in [2.05, 4.69) is 15.6 Å². The first-order valence-corrected chi connectivity index (χ1v) is 6.28. The molecule has 2 heterocycles. The number of hydrogen-bond acceptors (Lipinski definition) is 4. The lowest BCUT2D eigenvalue weighted by Crippen LogP contribution is -2.57. The van der Waals surface area contributed by atoms with Gasteiger partial charge in [0.05, 0.1) is 5.56 Å². The van der Waals surface area contributed by atoms with Crippen LogP contribution < -0.4 is 10.6 Å². The van der Waals surface area contributed by atoms with Gasteiger partial charge in [-0.05, 0) is 19.1 Å². The summed E-state index contributed by atoms with van der Waals surface area (Å²) < 4.78 is 0. The number of carbonyl (C=O) groups excluding carboxylic acids is 2. The molecule has 0 aliphatic carbocycles. The fourth-order valence-corrected chi connectivity index (χ4v) is 2.06. The molecule has 1 fully saturated rings. The summed E-state index contributed by atoms with van der Waals surface area (Å²) in [5, 5.41) is 5.68. The predicted octanol–water partition coefficient (Wildman–Crippen LogP) is -0.450. The van der Waals surface area contributed by atoms with Gasteiger partial charge in [-0.25, -0.2) is 0 Å². The van der Waals surface area contributed by atoms with E-state index < -0.39 is 0 Å². The summed E-state index contributed by atoms with van der Waals surface area (Å²) in [6.45, 7) is 3.47. The molecule has 0 spiro atoms. The minimum Gasteiger partial charge on any atom is -0.358 e. The lowest BCUT2D eigenvalue weighted by molar-refractivity contribution is -0.123. The van der Waals surface area contributed by atoms with Gasteiger partial charge in [0.1, 0.15) is 6.04 Å². The Kier molecular flexibility index (Phi) is 4.11. The maximum absolute atomic E-state index is 12.3. The minimum atomic E-state index is -0.346. The van der Waals surface area contributed by atoms with Crippen molar-refractivity contribution in [1.29, 1.82) is 0 Å². The molecule has 1 aromatic heterocycles. The Morgan fingerprint density at radius 1 is 1.47 bits per heavy atom. The molecule has 19 heavy (non-hydrogen) atoms. The fourth-order valence-electron chi connectivity index (χ4n) is 2.06. The highest BCUT2D eigenvalue weighted by atomic mass is 16.2. The molecule has 0 bridgehead atoms. The van der Waals surface area contributed by atoms with Crippen LogP contribution in [0.5, 0.6) is 0 Å². The van der Waals surface area contributed by atoms with Crippen LogP contribution in [-0.2, 0) is 4.79 Å². The van der Waals surface area contributed by atoms with Crippen LogP contribution in [-0.4, -0.2) is 54.4 Å². The van der Waals surface area contributed by atoms with Crippen LogP contribution in [0.3, 0.4) is 0 Å². The molecule has 0 aromatic carbocycles.